The number of hydrogen-bond acceptors (Lipinski definition) is 4. The van der Waals surface area contributed by atoms with Crippen molar-refractivity contribution in [1.29, 1.82) is 0 Å². The Kier molecular flexibility index (Phi) is 3.47. The maximum Gasteiger partial charge on any atom is 0.295 e. The number of benzene rings is 1. The number of aryl methyl sites for hydroxylation is 2. The molecular formula is C12H11FN4O3. The first-order valence-electron chi connectivity index (χ1n) is 5.67. The van der Waals surface area contributed by atoms with Gasteiger partial charge in [0.2, 0.25) is 0 Å². The fourth-order valence-corrected chi connectivity index (χ4v) is 1.85. The van der Waals surface area contributed by atoms with Gasteiger partial charge in [-0.05, 0) is 19.9 Å². The van der Waals surface area contributed by atoms with Crippen LogP contribution in [0.4, 0.5) is 15.8 Å². The zero-order valence-electron chi connectivity index (χ0n) is 10.7. The molecule has 8 heteroatoms. The minimum Gasteiger partial charge on any atom is -0.314 e. The van der Waals surface area contributed by atoms with Crippen LogP contribution in [0, 0.1) is 29.8 Å². The predicted octanol–water partition coefficient (Wildman–Crippen LogP) is 2.33. The Morgan fingerprint density at radius 3 is 2.70 bits per heavy atom. The maximum atomic E-state index is 13.7. The minimum atomic E-state index is -0.869. The van der Waals surface area contributed by atoms with Gasteiger partial charge in [0.1, 0.15) is 0 Å². The average molecular weight is 278 g/mol. The minimum absolute atomic E-state index is 0.238. The van der Waals surface area contributed by atoms with Gasteiger partial charge in [-0.25, -0.2) is 4.39 Å². The van der Waals surface area contributed by atoms with Crippen LogP contribution in [0.25, 0.3) is 0 Å². The smallest absolute Gasteiger partial charge is 0.295 e. The number of amides is 1. The van der Waals surface area contributed by atoms with Crippen LogP contribution in [0.1, 0.15) is 21.7 Å². The topological polar surface area (TPSA) is 101 Å². The van der Waals surface area contributed by atoms with E-state index in [9.17, 15) is 19.3 Å². The number of carbonyl (C=O) groups is 1. The number of para-hydroxylation sites is 1. The first-order valence-corrected chi connectivity index (χ1v) is 5.67. The third kappa shape index (κ3) is 2.35. The molecule has 1 aromatic heterocycles. The molecule has 0 radical (unpaired) electrons. The number of hydrogen-bond donors (Lipinski definition) is 2. The van der Waals surface area contributed by atoms with Crippen LogP contribution >= 0.6 is 0 Å². The molecule has 20 heavy (non-hydrogen) atoms. The molecule has 0 saturated heterocycles. The largest absolute Gasteiger partial charge is 0.314 e. The number of carbonyl (C=O) groups excluding carboxylic acids is 1. The predicted molar refractivity (Wildman–Crippen MR) is 69.1 cm³/mol. The van der Waals surface area contributed by atoms with Gasteiger partial charge >= 0.3 is 0 Å². The lowest BCUT2D eigenvalue weighted by Crippen LogP contribution is -2.16. The van der Waals surface area contributed by atoms with Crippen molar-refractivity contribution >= 4 is 17.3 Å². The number of aromatic nitrogens is 2. The van der Waals surface area contributed by atoms with Crippen molar-refractivity contribution in [2.45, 2.75) is 13.8 Å². The van der Waals surface area contributed by atoms with E-state index in [1.54, 1.807) is 13.8 Å². The van der Waals surface area contributed by atoms with Crippen LogP contribution in [0.2, 0.25) is 0 Å². The summed E-state index contributed by atoms with van der Waals surface area (Å²) in [5, 5.41) is 19.5. The van der Waals surface area contributed by atoms with Crippen molar-refractivity contribution < 1.29 is 14.1 Å². The summed E-state index contributed by atoms with van der Waals surface area (Å²) >= 11 is 0. The van der Waals surface area contributed by atoms with E-state index in [1.165, 1.54) is 6.07 Å². The molecule has 1 aromatic carbocycles. The van der Waals surface area contributed by atoms with Crippen LogP contribution in [-0.2, 0) is 0 Å². The van der Waals surface area contributed by atoms with Gasteiger partial charge in [0.15, 0.2) is 11.5 Å². The van der Waals surface area contributed by atoms with E-state index >= 15 is 0 Å². The monoisotopic (exact) mass is 278 g/mol. The molecule has 0 saturated carbocycles. The normalized spacial score (nSPS) is 10.3. The van der Waals surface area contributed by atoms with Gasteiger partial charge in [-0.2, -0.15) is 5.10 Å². The van der Waals surface area contributed by atoms with Crippen LogP contribution in [0.15, 0.2) is 18.2 Å². The number of nitrogens with one attached hydrogen (secondary N) is 2. The van der Waals surface area contributed by atoms with E-state index in [0.29, 0.717) is 11.4 Å². The lowest BCUT2D eigenvalue weighted by Gasteiger charge is -2.07. The van der Waals surface area contributed by atoms with Crippen molar-refractivity contribution in [3.8, 4) is 0 Å². The van der Waals surface area contributed by atoms with Crippen LogP contribution < -0.4 is 5.32 Å². The Hall–Kier alpha value is -2.77. The van der Waals surface area contributed by atoms with Crippen molar-refractivity contribution in [2.75, 3.05) is 5.32 Å². The molecule has 0 spiro atoms. The highest BCUT2D eigenvalue weighted by atomic mass is 19.1. The Balaban J connectivity index is 2.40. The molecule has 0 unspecified atom stereocenters. The number of nitrogens with zero attached hydrogens (tertiary/aromatic N) is 2. The van der Waals surface area contributed by atoms with E-state index in [-0.39, 0.29) is 5.56 Å². The second kappa shape index (κ2) is 5.08. The fourth-order valence-electron chi connectivity index (χ4n) is 1.85. The quantitative estimate of drug-likeness (QED) is 0.664. The lowest BCUT2D eigenvalue weighted by atomic mass is 10.1. The SMILES string of the molecule is Cc1n[nH]c(C)c1C(=O)Nc1c(F)cccc1[N+](=O)[O-]. The number of aromatic amines is 1. The van der Waals surface area contributed by atoms with Gasteiger partial charge < -0.3 is 5.32 Å². The first kappa shape index (κ1) is 13.7. The molecule has 2 N–H and O–H groups in total. The number of nitro groups is 1. The highest BCUT2D eigenvalue weighted by molar-refractivity contribution is 6.06. The van der Waals surface area contributed by atoms with Gasteiger partial charge in [-0.15, -0.1) is 0 Å². The summed E-state index contributed by atoms with van der Waals surface area (Å²) in [6.07, 6.45) is 0. The molecule has 0 fully saturated rings. The molecule has 0 aliphatic carbocycles. The molecule has 0 aliphatic heterocycles. The molecule has 1 heterocycles. The second-order valence-corrected chi connectivity index (χ2v) is 4.15. The third-order valence-electron chi connectivity index (χ3n) is 2.78. The van der Waals surface area contributed by atoms with Gasteiger partial charge in [0.25, 0.3) is 11.6 Å². The molecule has 1 amide bonds. The van der Waals surface area contributed by atoms with E-state index in [1.807, 2.05) is 0 Å². The summed E-state index contributed by atoms with van der Waals surface area (Å²) in [4.78, 5) is 22.2. The highest BCUT2D eigenvalue weighted by Crippen LogP contribution is 2.27. The summed E-state index contributed by atoms with van der Waals surface area (Å²) in [6.45, 7) is 3.23. The molecule has 2 rings (SSSR count). The van der Waals surface area contributed by atoms with E-state index in [0.717, 1.165) is 12.1 Å². The summed E-state index contributed by atoms with van der Waals surface area (Å²) < 4.78 is 13.7. The van der Waals surface area contributed by atoms with Crippen molar-refractivity contribution in [3.63, 3.8) is 0 Å². The summed E-state index contributed by atoms with van der Waals surface area (Å²) in [5.41, 5.74) is 0.209. The first-order chi connectivity index (χ1) is 9.41. The van der Waals surface area contributed by atoms with E-state index in [2.05, 4.69) is 15.5 Å². The standard InChI is InChI=1S/C12H11FN4O3/c1-6-10(7(2)16-15-6)12(18)14-11-8(13)4-3-5-9(11)17(19)20/h3-5H,1-2H3,(H,14,18)(H,15,16). The van der Waals surface area contributed by atoms with Crippen molar-refractivity contribution in [3.05, 3.63) is 51.1 Å². The number of anilines is 1. The van der Waals surface area contributed by atoms with Crippen LogP contribution in [-0.4, -0.2) is 21.0 Å². The third-order valence-corrected chi connectivity index (χ3v) is 2.78. The number of halogens is 1. The van der Waals surface area contributed by atoms with E-state index < -0.39 is 28.0 Å². The Labute approximate surface area is 113 Å². The zero-order chi connectivity index (χ0) is 14.9. The van der Waals surface area contributed by atoms with Crippen molar-refractivity contribution in [2.24, 2.45) is 0 Å². The Morgan fingerprint density at radius 2 is 2.15 bits per heavy atom. The van der Waals surface area contributed by atoms with Crippen LogP contribution in [0.3, 0.4) is 0 Å². The van der Waals surface area contributed by atoms with Crippen LogP contribution in [0.5, 0.6) is 0 Å². The Morgan fingerprint density at radius 1 is 1.45 bits per heavy atom. The van der Waals surface area contributed by atoms with Gasteiger partial charge in [-0.1, -0.05) is 6.07 Å². The van der Waals surface area contributed by atoms with Crippen molar-refractivity contribution in [1.82, 2.24) is 10.2 Å². The highest BCUT2D eigenvalue weighted by Gasteiger charge is 2.23. The zero-order valence-corrected chi connectivity index (χ0v) is 10.7. The number of rotatable bonds is 3. The molecule has 2 aromatic rings. The summed E-state index contributed by atoms with van der Waals surface area (Å²) in [5.74, 6) is -1.52. The maximum absolute atomic E-state index is 13.7. The average Bonchev–Trinajstić information content (AvgIpc) is 2.71. The number of nitro benzene ring substituents is 1. The Bertz CT molecular complexity index is 677. The molecule has 0 bridgehead atoms. The summed E-state index contributed by atoms with van der Waals surface area (Å²) in [6, 6.07) is 3.36. The lowest BCUT2D eigenvalue weighted by molar-refractivity contribution is -0.384. The summed E-state index contributed by atoms with van der Waals surface area (Å²) in [7, 11) is 0. The fraction of sp³-hybridized carbons (Fsp3) is 0.167. The van der Waals surface area contributed by atoms with Gasteiger partial charge in [0.05, 0.1) is 16.2 Å². The van der Waals surface area contributed by atoms with E-state index in [4.69, 9.17) is 0 Å². The van der Waals surface area contributed by atoms with Gasteiger partial charge in [-0.3, -0.25) is 20.0 Å². The molecule has 104 valence electrons. The molecule has 0 aliphatic rings. The molecular weight excluding hydrogens is 267 g/mol. The molecule has 0 atom stereocenters. The van der Waals surface area contributed by atoms with Gasteiger partial charge in [0, 0.05) is 11.8 Å². The second-order valence-electron chi connectivity index (χ2n) is 4.15. The number of H-pyrrole nitrogens is 1. The molecule has 7 nitrogen and oxygen atoms in total.